The molecule has 0 aliphatic carbocycles. The fourth-order valence-electron chi connectivity index (χ4n) is 3.21. The molecule has 160 valence electrons. The van der Waals surface area contributed by atoms with Crippen molar-refractivity contribution in [2.24, 2.45) is 0 Å². The Balaban J connectivity index is 1.52. The number of furan rings is 1. The Kier molecular flexibility index (Phi) is 6.44. The molecule has 0 bridgehead atoms. The number of amides is 3. The second kappa shape index (κ2) is 9.02. The Labute approximate surface area is 175 Å². The molecule has 1 fully saturated rings. The fraction of sp³-hybridized carbons (Fsp3) is 0.409. The van der Waals surface area contributed by atoms with Crippen LogP contribution in [0.1, 0.15) is 54.5 Å². The first kappa shape index (κ1) is 21.4. The van der Waals surface area contributed by atoms with Crippen LogP contribution in [0.2, 0.25) is 0 Å². The summed E-state index contributed by atoms with van der Waals surface area (Å²) in [7, 11) is 0. The van der Waals surface area contributed by atoms with Crippen LogP contribution in [0, 0.1) is 0 Å². The Hall–Kier alpha value is -3.29. The molecule has 0 unspecified atom stereocenters. The average molecular weight is 413 g/mol. The summed E-state index contributed by atoms with van der Waals surface area (Å²) < 4.78 is 10.4. The Bertz CT molecular complexity index is 894. The zero-order chi connectivity index (χ0) is 21.7. The molecular formula is C22H27N3O5. The molecule has 1 aromatic carbocycles. The average Bonchev–Trinajstić information content (AvgIpc) is 3.21. The number of hydrogen-bond donors (Lipinski definition) is 2. The van der Waals surface area contributed by atoms with Gasteiger partial charge in [-0.3, -0.25) is 14.9 Å². The predicted octanol–water partition coefficient (Wildman–Crippen LogP) is 3.66. The molecule has 2 N–H and O–H groups in total. The molecule has 3 rings (SSSR count). The Morgan fingerprint density at radius 1 is 1.10 bits per heavy atom. The normalized spacial score (nSPS) is 14.8. The molecule has 1 aromatic heterocycles. The van der Waals surface area contributed by atoms with Gasteiger partial charge in [-0.25, -0.2) is 4.79 Å². The first-order valence-corrected chi connectivity index (χ1v) is 9.95. The molecule has 30 heavy (non-hydrogen) atoms. The van der Waals surface area contributed by atoms with Crippen molar-refractivity contribution in [3.8, 4) is 0 Å². The quantitative estimate of drug-likeness (QED) is 0.797. The smallest absolute Gasteiger partial charge is 0.412 e. The van der Waals surface area contributed by atoms with Crippen LogP contribution < -0.4 is 10.6 Å². The zero-order valence-electron chi connectivity index (χ0n) is 17.4. The van der Waals surface area contributed by atoms with Gasteiger partial charge in [0.1, 0.15) is 5.60 Å². The zero-order valence-corrected chi connectivity index (χ0v) is 17.4. The van der Waals surface area contributed by atoms with Crippen LogP contribution >= 0.6 is 0 Å². The van der Waals surface area contributed by atoms with Gasteiger partial charge in [-0.2, -0.15) is 0 Å². The number of nitrogens with zero attached hydrogens (tertiary/aromatic N) is 1. The van der Waals surface area contributed by atoms with Crippen molar-refractivity contribution < 1.29 is 23.5 Å². The molecule has 8 heteroatoms. The topological polar surface area (TPSA) is 101 Å². The predicted molar refractivity (Wildman–Crippen MR) is 111 cm³/mol. The summed E-state index contributed by atoms with van der Waals surface area (Å²) in [6, 6.07) is 9.99. The second-order valence-corrected chi connectivity index (χ2v) is 8.22. The van der Waals surface area contributed by atoms with E-state index in [0.717, 1.165) is 0 Å². The first-order chi connectivity index (χ1) is 14.2. The summed E-state index contributed by atoms with van der Waals surface area (Å²) in [5.74, 6) is -0.0314. The van der Waals surface area contributed by atoms with E-state index in [-0.39, 0.29) is 17.9 Å². The molecule has 0 spiro atoms. The van der Waals surface area contributed by atoms with Crippen molar-refractivity contribution in [1.82, 2.24) is 10.2 Å². The number of carbonyl (C=O) groups excluding carboxylic acids is 3. The number of ether oxygens (including phenoxy) is 1. The van der Waals surface area contributed by atoms with E-state index in [9.17, 15) is 14.4 Å². The maximum atomic E-state index is 12.6. The van der Waals surface area contributed by atoms with E-state index in [1.807, 2.05) is 0 Å². The van der Waals surface area contributed by atoms with Crippen molar-refractivity contribution in [3.05, 3.63) is 54.0 Å². The van der Waals surface area contributed by atoms with E-state index in [2.05, 4.69) is 10.6 Å². The van der Waals surface area contributed by atoms with Gasteiger partial charge in [0.15, 0.2) is 5.76 Å². The lowest BCUT2D eigenvalue weighted by atomic mass is 10.0. The highest BCUT2D eigenvalue weighted by molar-refractivity contribution is 5.96. The van der Waals surface area contributed by atoms with Crippen molar-refractivity contribution in [2.45, 2.75) is 45.3 Å². The number of anilines is 1. The summed E-state index contributed by atoms with van der Waals surface area (Å²) in [6.07, 6.45) is 2.22. The minimum absolute atomic E-state index is 0.0272. The third-order valence-corrected chi connectivity index (χ3v) is 4.62. The van der Waals surface area contributed by atoms with Crippen LogP contribution in [-0.4, -0.2) is 47.5 Å². The Morgan fingerprint density at radius 3 is 2.47 bits per heavy atom. The SMILES string of the molecule is CC(C)(C)OC(=O)Nc1cccc(C(=O)NC2CCN(C(=O)c3ccco3)CC2)c1. The lowest BCUT2D eigenvalue weighted by Crippen LogP contribution is -2.46. The van der Waals surface area contributed by atoms with Crippen LogP contribution in [0.25, 0.3) is 0 Å². The van der Waals surface area contributed by atoms with Crippen molar-refractivity contribution in [2.75, 3.05) is 18.4 Å². The van der Waals surface area contributed by atoms with Gasteiger partial charge in [-0.05, 0) is 63.9 Å². The number of carbonyl (C=O) groups is 3. The van der Waals surface area contributed by atoms with E-state index in [0.29, 0.717) is 42.9 Å². The summed E-state index contributed by atoms with van der Waals surface area (Å²) in [4.78, 5) is 38.6. The van der Waals surface area contributed by atoms with E-state index in [1.165, 1.54) is 6.26 Å². The minimum atomic E-state index is -0.605. The highest BCUT2D eigenvalue weighted by Crippen LogP contribution is 2.17. The van der Waals surface area contributed by atoms with Crippen LogP contribution in [-0.2, 0) is 4.74 Å². The largest absolute Gasteiger partial charge is 0.459 e. The monoisotopic (exact) mass is 413 g/mol. The van der Waals surface area contributed by atoms with Gasteiger partial charge in [-0.15, -0.1) is 0 Å². The molecule has 2 heterocycles. The number of hydrogen-bond acceptors (Lipinski definition) is 5. The highest BCUT2D eigenvalue weighted by atomic mass is 16.6. The first-order valence-electron chi connectivity index (χ1n) is 9.95. The number of rotatable bonds is 4. The van der Waals surface area contributed by atoms with Gasteiger partial charge in [0.2, 0.25) is 0 Å². The molecule has 8 nitrogen and oxygen atoms in total. The third kappa shape index (κ3) is 5.85. The van der Waals surface area contributed by atoms with E-state index in [4.69, 9.17) is 9.15 Å². The number of benzene rings is 1. The second-order valence-electron chi connectivity index (χ2n) is 8.22. The van der Waals surface area contributed by atoms with E-state index < -0.39 is 11.7 Å². The molecule has 1 saturated heterocycles. The van der Waals surface area contributed by atoms with Crippen molar-refractivity contribution >= 4 is 23.6 Å². The van der Waals surface area contributed by atoms with Crippen molar-refractivity contribution in [3.63, 3.8) is 0 Å². The van der Waals surface area contributed by atoms with Gasteiger partial charge in [0.05, 0.1) is 6.26 Å². The van der Waals surface area contributed by atoms with Crippen LogP contribution in [0.4, 0.5) is 10.5 Å². The van der Waals surface area contributed by atoms with Crippen LogP contribution in [0.3, 0.4) is 0 Å². The molecule has 3 amide bonds. The lowest BCUT2D eigenvalue weighted by Gasteiger charge is -2.31. The van der Waals surface area contributed by atoms with Gasteiger partial charge in [0.25, 0.3) is 11.8 Å². The van der Waals surface area contributed by atoms with Gasteiger partial charge in [0, 0.05) is 30.4 Å². The fourth-order valence-corrected chi connectivity index (χ4v) is 3.21. The molecular weight excluding hydrogens is 386 g/mol. The number of piperidine rings is 1. The molecule has 0 atom stereocenters. The maximum absolute atomic E-state index is 12.6. The number of nitrogens with one attached hydrogen (secondary N) is 2. The lowest BCUT2D eigenvalue weighted by molar-refractivity contribution is 0.0632. The molecule has 2 aromatic rings. The summed E-state index contributed by atoms with van der Waals surface area (Å²) in [6.45, 7) is 6.44. The minimum Gasteiger partial charge on any atom is -0.459 e. The summed E-state index contributed by atoms with van der Waals surface area (Å²) in [5, 5.41) is 5.64. The van der Waals surface area contributed by atoms with Crippen molar-refractivity contribution in [1.29, 1.82) is 0 Å². The van der Waals surface area contributed by atoms with Gasteiger partial charge < -0.3 is 19.4 Å². The van der Waals surface area contributed by atoms with Gasteiger partial charge in [-0.1, -0.05) is 6.07 Å². The van der Waals surface area contributed by atoms with Gasteiger partial charge >= 0.3 is 6.09 Å². The number of likely N-dealkylation sites (tertiary alicyclic amines) is 1. The Morgan fingerprint density at radius 2 is 1.83 bits per heavy atom. The third-order valence-electron chi connectivity index (χ3n) is 4.62. The van der Waals surface area contributed by atoms with Crippen LogP contribution in [0.5, 0.6) is 0 Å². The standard InChI is InChI=1S/C22H27N3O5/c1-22(2,3)30-21(28)24-17-7-4-6-15(14-17)19(26)23-16-9-11-25(12-10-16)20(27)18-8-5-13-29-18/h4-8,13-14,16H,9-12H2,1-3H3,(H,23,26)(H,24,28). The summed E-state index contributed by atoms with van der Waals surface area (Å²) >= 11 is 0. The van der Waals surface area contributed by atoms with E-state index >= 15 is 0 Å². The van der Waals surface area contributed by atoms with Crippen LogP contribution in [0.15, 0.2) is 47.1 Å². The molecule has 0 saturated carbocycles. The van der Waals surface area contributed by atoms with E-state index in [1.54, 1.807) is 62.1 Å². The molecule has 1 aliphatic rings. The summed E-state index contributed by atoms with van der Waals surface area (Å²) in [5.41, 5.74) is 0.320. The molecule has 0 radical (unpaired) electrons. The maximum Gasteiger partial charge on any atom is 0.412 e. The highest BCUT2D eigenvalue weighted by Gasteiger charge is 2.26. The molecule has 1 aliphatic heterocycles.